The van der Waals surface area contributed by atoms with Gasteiger partial charge < -0.3 is 21.3 Å². The normalized spacial score (nSPS) is 10.7. The lowest BCUT2D eigenvalue weighted by Gasteiger charge is -2.26. The van der Waals surface area contributed by atoms with Crippen molar-refractivity contribution in [1.82, 2.24) is 29.7 Å². The molecular weight excluding hydrogens is 564 g/mol. The monoisotopic (exact) mass is 596 g/mol. The summed E-state index contributed by atoms with van der Waals surface area (Å²) >= 11 is 0. The smallest absolute Gasteiger partial charge is 0.238 e. The van der Waals surface area contributed by atoms with Gasteiger partial charge in [0.25, 0.3) is 0 Å². The zero-order valence-electron chi connectivity index (χ0n) is 23.8. The van der Waals surface area contributed by atoms with Crippen molar-refractivity contribution < 1.29 is 19.2 Å². The van der Waals surface area contributed by atoms with E-state index in [1.807, 2.05) is 0 Å². The lowest BCUT2D eigenvalue weighted by Crippen LogP contribution is -2.46. The lowest BCUT2D eigenvalue weighted by atomic mass is 10.3. The minimum absolute atomic E-state index is 0.132. The zero-order chi connectivity index (χ0) is 31.0. The minimum atomic E-state index is -0.359. The van der Waals surface area contributed by atoms with Crippen LogP contribution in [0.5, 0.6) is 0 Å². The Bertz CT molecular complexity index is 1270. The van der Waals surface area contributed by atoms with Gasteiger partial charge in [-0.3, -0.25) is 48.9 Å². The van der Waals surface area contributed by atoms with Gasteiger partial charge in [0.2, 0.25) is 23.6 Å². The van der Waals surface area contributed by atoms with Crippen molar-refractivity contribution in [2.45, 2.75) is 0 Å². The molecule has 0 aromatic carbocycles. The van der Waals surface area contributed by atoms with Gasteiger partial charge in [-0.2, -0.15) is 0 Å². The number of rotatable bonds is 15. The highest BCUT2D eigenvalue weighted by Gasteiger charge is 2.20. The van der Waals surface area contributed by atoms with Crippen molar-refractivity contribution in [1.29, 1.82) is 0 Å². The molecule has 0 radical (unpaired) electrons. The molecule has 0 aliphatic carbocycles. The van der Waals surface area contributed by atoms with E-state index < -0.39 is 0 Å². The van der Waals surface area contributed by atoms with E-state index in [9.17, 15) is 19.2 Å². The summed E-state index contributed by atoms with van der Waals surface area (Å²) in [5.74, 6) is -1.44. The van der Waals surface area contributed by atoms with Crippen molar-refractivity contribution >= 4 is 46.4 Å². The quantitative estimate of drug-likeness (QED) is 0.158. The Labute approximate surface area is 253 Å². The molecule has 0 fully saturated rings. The number of pyridine rings is 4. The molecular formula is C30H32N10O4. The second-order valence-electron chi connectivity index (χ2n) is 9.58. The van der Waals surface area contributed by atoms with E-state index in [2.05, 4.69) is 41.2 Å². The number of nitrogens with one attached hydrogen (secondary N) is 4. The maximum Gasteiger partial charge on any atom is 0.238 e. The van der Waals surface area contributed by atoms with E-state index in [0.29, 0.717) is 22.7 Å². The minimum Gasteiger partial charge on any atom is -0.324 e. The summed E-state index contributed by atoms with van der Waals surface area (Å²) in [7, 11) is 0. The Morgan fingerprint density at radius 1 is 0.455 bits per heavy atom. The summed E-state index contributed by atoms with van der Waals surface area (Å²) in [5.41, 5.74) is 2.05. The van der Waals surface area contributed by atoms with Crippen LogP contribution < -0.4 is 21.3 Å². The molecule has 0 saturated carbocycles. The van der Waals surface area contributed by atoms with Crippen LogP contribution in [-0.2, 0) is 19.2 Å². The number of nitrogens with zero attached hydrogens (tertiary/aromatic N) is 6. The van der Waals surface area contributed by atoms with Crippen molar-refractivity contribution in [3.05, 3.63) is 98.1 Å². The van der Waals surface area contributed by atoms with E-state index in [-0.39, 0.29) is 62.9 Å². The predicted octanol–water partition coefficient (Wildman–Crippen LogP) is 1.73. The average molecular weight is 597 g/mol. The Morgan fingerprint density at radius 3 is 0.909 bits per heavy atom. The molecule has 4 aromatic rings. The Hall–Kier alpha value is -5.60. The molecule has 4 aromatic heterocycles. The maximum atomic E-state index is 12.9. The fourth-order valence-corrected chi connectivity index (χ4v) is 4.07. The summed E-state index contributed by atoms with van der Waals surface area (Å²) in [6.45, 7) is -0.164. The predicted molar refractivity (Wildman–Crippen MR) is 164 cm³/mol. The maximum absolute atomic E-state index is 12.9. The van der Waals surface area contributed by atoms with Gasteiger partial charge >= 0.3 is 0 Å². The van der Waals surface area contributed by atoms with Crippen LogP contribution in [0.3, 0.4) is 0 Å². The fraction of sp³-hybridized carbons (Fsp3) is 0.200. The van der Waals surface area contributed by atoms with Gasteiger partial charge in [0.15, 0.2) is 0 Å². The van der Waals surface area contributed by atoms with Crippen molar-refractivity contribution in [2.24, 2.45) is 0 Å². The van der Waals surface area contributed by atoms with Gasteiger partial charge in [0, 0.05) is 37.9 Å². The largest absolute Gasteiger partial charge is 0.324 e. The molecule has 4 heterocycles. The second kappa shape index (κ2) is 16.7. The summed E-state index contributed by atoms with van der Waals surface area (Å²) in [5, 5.41) is 11.1. The molecule has 4 rings (SSSR count). The standard InChI is InChI=1S/C30H32N10O4/c41-27(35-23-5-1-9-31-15-23)19-39(20-28(42)36-24-6-2-10-32-16-24)13-14-40(21-29(43)37-25-7-3-11-33-17-25)22-30(44)38-26-8-4-12-34-18-26/h1-12,15-18H,13-14,19-22H2,(H,35,41)(H,36,42)(H,37,43)(H,38,44). The summed E-state index contributed by atoms with van der Waals surface area (Å²) in [6.07, 6.45) is 12.4. The third kappa shape index (κ3) is 11.3. The number of carbonyl (C=O) groups excluding carboxylic acids is 4. The van der Waals surface area contributed by atoms with Crippen molar-refractivity contribution in [3.63, 3.8) is 0 Å². The topological polar surface area (TPSA) is 174 Å². The summed E-state index contributed by atoms with van der Waals surface area (Å²) < 4.78 is 0. The molecule has 14 heteroatoms. The van der Waals surface area contributed by atoms with Gasteiger partial charge in [0.1, 0.15) is 0 Å². The van der Waals surface area contributed by atoms with Gasteiger partial charge in [-0.1, -0.05) is 0 Å². The third-order valence-corrected chi connectivity index (χ3v) is 5.98. The highest BCUT2D eigenvalue weighted by atomic mass is 16.2. The van der Waals surface area contributed by atoms with Crippen LogP contribution in [0.4, 0.5) is 22.7 Å². The molecule has 0 unspecified atom stereocenters. The molecule has 0 aliphatic heterocycles. The first-order chi connectivity index (χ1) is 21.4. The Balaban J connectivity index is 1.44. The van der Waals surface area contributed by atoms with Crippen LogP contribution in [-0.4, -0.2) is 92.6 Å². The van der Waals surface area contributed by atoms with Gasteiger partial charge in [-0.25, -0.2) is 0 Å². The van der Waals surface area contributed by atoms with E-state index in [1.165, 1.54) is 24.8 Å². The number of carbonyl (C=O) groups is 4. The Morgan fingerprint density at radius 2 is 0.705 bits per heavy atom. The van der Waals surface area contributed by atoms with E-state index in [1.54, 1.807) is 83.1 Å². The van der Waals surface area contributed by atoms with Crippen molar-refractivity contribution in [2.75, 3.05) is 60.5 Å². The lowest BCUT2D eigenvalue weighted by molar-refractivity contribution is -0.123. The first kappa shape index (κ1) is 31.3. The zero-order valence-corrected chi connectivity index (χ0v) is 23.8. The first-order valence-electron chi connectivity index (χ1n) is 13.7. The number of aromatic nitrogens is 4. The number of hydrogen-bond acceptors (Lipinski definition) is 10. The molecule has 4 N–H and O–H groups in total. The van der Waals surface area contributed by atoms with Crippen molar-refractivity contribution in [3.8, 4) is 0 Å². The summed E-state index contributed by atoms with van der Waals surface area (Å²) in [6, 6.07) is 13.6. The molecule has 4 amide bonds. The number of amides is 4. The van der Waals surface area contributed by atoms with Crippen LogP contribution in [0.25, 0.3) is 0 Å². The van der Waals surface area contributed by atoms with E-state index >= 15 is 0 Å². The van der Waals surface area contributed by atoms with Crippen LogP contribution in [0.2, 0.25) is 0 Å². The SMILES string of the molecule is O=C(CN(CCN(CC(=O)Nc1cccnc1)CC(=O)Nc1cccnc1)CC(=O)Nc1cccnc1)Nc1cccnc1. The van der Waals surface area contributed by atoms with E-state index in [4.69, 9.17) is 0 Å². The van der Waals surface area contributed by atoms with Gasteiger partial charge in [-0.05, 0) is 48.5 Å². The van der Waals surface area contributed by atoms with E-state index in [0.717, 1.165) is 0 Å². The Kier molecular flexibility index (Phi) is 11.9. The second-order valence-corrected chi connectivity index (χ2v) is 9.58. The molecule has 0 bridgehead atoms. The van der Waals surface area contributed by atoms with Crippen LogP contribution in [0, 0.1) is 0 Å². The molecule has 0 aliphatic rings. The molecule has 226 valence electrons. The number of anilines is 4. The molecule has 0 saturated heterocycles. The van der Waals surface area contributed by atoms with Gasteiger partial charge in [0.05, 0.1) is 73.7 Å². The fourth-order valence-electron chi connectivity index (χ4n) is 4.07. The van der Waals surface area contributed by atoms with Gasteiger partial charge in [-0.15, -0.1) is 0 Å². The highest BCUT2D eigenvalue weighted by Crippen LogP contribution is 2.07. The molecule has 0 atom stereocenters. The first-order valence-corrected chi connectivity index (χ1v) is 13.7. The van der Waals surface area contributed by atoms with Crippen LogP contribution in [0.15, 0.2) is 98.1 Å². The molecule has 14 nitrogen and oxygen atoms in total. The number of hydrogen-bond donors (Lipinski definition) is 4. The molecule has 44 heavy (non-hydrogen) atoms. The van der Waals surface area contributed by atoms with Crippen LogP contribution >= 0.6 is 0 Å². The highest BCUT2D eigenvalue weighted by molar-refractivity contribution is 5.95. The summed E-state index contributed by atoms with van der Waals surface area (Å²) in [4.78, 5) is 70.8. The average Bonchev–Trinajstić information content (AvgIpc) is 3.01. The third-order valence-electron chi connectivity index (χ3n) is 5.98. The van der Waals surface area contributed by atoms with Crippen LogP contribution in [0.1, 0.15) is 0 Å². The molecule has 0 spiro atoms.